The number of aromatic nitrogens is 2. The van der Waals surface area contributed by atoms with Crippen molar-refractivity contribution in [1.29, 1.82) is 0 Å². The van der Waals surface area contributed by atoms with E-state index in [0.717, 1.165) is 61.0 Å². The zero-order chi connectivity index (χ0) is 20.2. The highest BCUT2D eigenvalue weighted by Crippen LogP contribution is 2.27. The molecule has 1 unspecified atom stereocenters. The molecule has 0 radical (unpaired) electrons. The Morgan fingerprint density at radius 1 is 1.31 bits per heavy atom. The molecule has 1 N–H and O–H groups in total. The number of rotatable bonds is 6. The lowest BCUT2D eigenvalue weighted by Crippen LogP contribution is -2.39. The fourth-order valence-electron chi connectivity index (χ4n) is 4.09. The number of amides is 1. The van der Waals surface area contributed by atoms with Crippen LogP contribution in [0.25, 0.3) is 0 Å². The molecule has 0 bridgehead atoms. The minimum Gasteiger partial charge on any atom is -0.336 e. The van der Waals surface area contributed by atoms with Crippen LogP contribution in [0.15, 0.2) is 36.9 Å². The summed E-state index contributed by atoms with van der Waals surface area (Å²) in [5.41, 5.74) is 4.18. The van der Waals surface area contributed by atoms with Crippen LogP contribution < -0.4 is 5.32 Å². The molecule has 1 amide bonds. The van der Waals surface area contributed by atoms with Gasteiger partial charge in [0, 0.05) is 53.5 Å². The van der Waals surface area contributed by atoms with Crippen LogP contribution in [0.2, 0.25) is 5.02 Å². The van der Waals surface area contributed by atoms with Gasteiger partial charge in [0.05, 0.1) is 6.54 Å². The van der Waals surface area contributed by atoms with E-state index in [2.05, 4.69) is 24.0 Å². The van der Waals surface area contributed by atoms with E-state index in [1.165, 1.54) is 11.3 Å². The molecule has 29 heavy (non-hydrogen) atoms. The van der Waals surface area contributed by atoms with Crippen LogP contribution in [-0.2, 0) is 25.9 Å². The van der Waals surface area contributed by atoms with E-state index >= 15 is 0 Å². The van der Waals surface area contributed by atoms with Gasteiger partial charge in [0.25, 0.3) is 5.91 Å². The molecule has 5 nitrogen and oxygen atoms in total. The minimum absolute atomic E-state index is 0.0858. The average Bonchev–Trinajstić information content (AvgIpc) is 3.11. The molecule has 1 saturated heterocycles. The van der Waals surface area contributed by atoms with Crippen molar-refractivity contribution in [2.45, 2.75) is 38.4 Å². The highest BCUT2D eigenvalue weighted by atomic mass is 35.5. The van der Waals surface area contributed by atoms with Gasteiger partial charge in [0.15, 0.2) is 5.69 Å². The van der Waals surface area contributed by atoms with Crippen LogP contribution in [0.5, 0.6) is 0 Å². The summed E-state index contributed by atoms with van der Waals surface area (Å²) in [5.74, 6) is 2.10. The fourth-order valence-corrected chi connectivity index (χ4v) is 5.12. The first-order valence-electron chi connectivity index (χ1n) is 10.2. The molecule has 2 aliphatic rings. The summed E-state index contributed by atoms with van der Waals surface area (Å²) in [6.07, 6.45) is 4.66. The van der Waals surface area contributed by atoms with Crippen molar-refractivity contribution in [3.05, 3.63) is 64.5 Å². The second-order valence-electron chi connectivity index (χ2n) is 7.60. The Hall–Kier alpha value is -1.76. The van der Waals surface area contributed by atoms with E-state index in [1.54, 1.807) is 0 Å². The lowest BCUT2D eigenvalue weighted by atomic mass is 9.91. The second kappa shape index (κ2) is 9.37. The topological polar surface area (TPSA) is 50.2 Å². The van der Waals surface area contributed by atoms with Gasteiger partial charge in [-0.05, 0) is 37.0 Å². The van der Waals surface area contributed by atoms with E-state index in [9.17, 15) is 4.79 Å². The minimum atomic E-state index is 0.0858. The van der Waals surface area contributed by atoms with Gasteiger partial charge in [-0.15, -0.1) is 6.58 Å². The van der Waals surface area contributed by atoms with Gasteiger partial charge < -0.3 is 10.2 Å². The summed E-state index contributed by atoms with van der Waals surface area (Å²) in [6, 6.07) is 8.28. The second-order valence-corrected chi connectivity index (χ2v) is 9.26. The first-order valence-corrected chi connectivity index (χ1v) is 11.7. The number of benzene rings is 1. The molecular formula is C22H27ClN4OS. The SMILES string of the molecule is C=CCn1nc(C(=O)N2CCSCC2)c2c1CCC(NCc1ccc(Cl)cc1)C2. The quantitative estimate of drug-likeness (QED) is 0.712. The maximum Gasteiger partial charge on any atom is 0.274 e. The Labute approximate surface area is 181 Å². The number of allylic oxidation sites excluding steroid dienone is 1. The molecule has 4 rings (SSSR count). The number of hydrogen-bond donors (Lipinski definition) is 1. The van der Waals surface area contributed by atoms with Gasteiger partial charge in [0.1, 0.15) is 0 Å². The average molecular weight is 431 g/mol. The molecule has 2 heterocycles. The van der Waals surface area contributed by atoms with E-state index in [4.69, 9.17) is 16.7 Å². The molecule has 2 aromatic rings. The normalized spacial score (nSPS) is 19.1. The Kier molecular flexibility index (Phi) is 6.63. The van der Waals surface area contributed by atoms with Gasteiger partial charge >= 0.3 is 0 Å². The van der Waals surface area contributed by atoms with E-state index in [1.807, 2.05) is 39.6 Å². The third-order valence-electron chi connectivity index (χ3n) is 5.66. The molecule has 154 valence electrons. The van der Waals surface area contributed by atoms with Crippen molar-refractivity contribution in [1.82, 2.24) is 20.0 Å². The lowest BCUT2D eigenvalue weighted by molar-refractivity contribution is 0.0764. The number of carbonyl (C=O) groups is 1. The third kappa shape index (κ3) is 4.71. The van der Waals surface area contributed by atoms with Crippen LogP contribution in [0, 0.1) is 0 Å². The van der Waals surface area contributed by atoms with Gasteiger partial charge in [0.2, 0.25) is 0 Å². The molecule has 1 aliphatic carbocycles. The van der Waals surface area contributed by atoms with Crippen LogP contribution in [-0.4, -0.2) is 51.2 Å². The van der Waals surface area contributed by atoms with Gasteiger partial charge in [-0.25, -0.2) is 0 Å². The van der Waals surface area contributed by atoms with E-state index in [0.29, 0.717) is 18.3 Å². The maximum atomic E-state index is 13.2. The third-order valence-corrected chi connectivity index (χ3v) is 6.85. The molecular weight excluding hydrogens is 404 g/mol. The Balaban J connectivity index is 1.51. The van der Waals surface area contributed by atoms with Gasteiger partial charge in [-0.1, -0.05) is 29.8 Å². The van der Waals surface area contributed by atoms with Crippen molar-refractivity contribution in [2.24, 2.45) is 0 Å². The van der Waals surface area contributed by atoms with Gasteiger partial charge in [-0.2, -0.15) is 16.9 Å². The molecule has 1 aromatic heterocycles. The fraction of sp³-hybridized carbons (Fsp3) is 0.455. The monoisotopic (exact) mass is 430 g/mol. The van der Waals surface area contributed by atoms with E-state index < -0.39 is 0 Å². The highest BCUT2D eigenvalue weighted by molar-refractivity contribution is 7.99. The predicted molar refractivity (Wildman–Crippen MR) is 120 cm³/mol. The number of nitrogens with one attached hydrogen (secondary N) is 1. The van der Waals surface area contributed by atoms with Crippen LogP contribution in [0.1, 0.15) is 33.7 Å². The summed E-state index contributed by atoms with van der Waals surface area (Å²) >= 11 is 7.89. The van der Waals surface area contributed by atoms with Gasteiger partial charge in [-0.3, -0.25) is 9.48 Å². The van der Waals surface area contributed by atoms with Crippen molar-refractivity contribution in [3.8, 4) is 0 Å². The van der Waals surface area contributed by atoms with Crippen LogP contribution in [0.4, 0.5) is 0 Å². The predicted octanol–water partition coefficient (Wildman–Crippen LogP) is 3.56. The molecule has 1 aliphatic heterocycles. The Bertz CT molecular complexity index is 874. The van der Waals surface area contributed by atoms with Crippen molar-refractivity contribution < 1.29 is 4.79 Å². The summed E-state index contributed by atoms with van der Waals surface area (Å²) in [6.45, 7) is 6.92. The summed E-state index contributed by atoms with van der Waals surface area (Å²) in [5, 5.41) is 9.14. The lowest BCUT2D eigenvalue weighted by Gasteiger charge is -2.27. The van der Waals surface area contributed by atoms with Crippen molar-refractivity contribution in [2.75, 3.05) is 24.6 Å². The molecule has 0 spiro atoms. The number of halogens is 1. The molecule has 7 heteroatoms. The van der Waals surface area contributed by atoms with Crippen molar-refractivity contribution in [3.63, 3.8) is 0 Å². The van der Waals surface area contributed by atoms with Crippen molar-refractivity contribution >= 4 is 29.3 Å². The first kappa shape index (κ1) is 20.5. The summed E-state index contributed by atoms with van der Waals surface area (Å²) in [4.78, 5) is 15.1. The summed E-state index contributed by atoms with van der Waals surface area (Å²) < 4.78 is 1.98. The number of hydrogen-bond acceptors (Lipinski definition) is 4. The molecule has 0 saturated carbocycles. The standard InChI is InChI=1S/C22H27ClN4OS/c1-2-9-27-20-8-7-18(24-15-16-3-5-17(23)6-4-16)14-19(20)21(25-27)22(28)26-10-12-29-13-11-26/h2-6,18,24H,1,7-15H2. The maximum absolute atomic E-state index is 13.2. The van der Waals surface area contributed by atoms with Crippen LogP contribution in [0.3, 0.4) is 0 Å². The smallest absolute Gasteiger partial charge is 0.274 e. The molecule has 1 atom stereocenters. The number of nitrogens with zero attached hydrogens (tertiary/aromatic N) is 3. The molecule has 1 aromatic carbocycles. The number of thioether (sulfide) groups is 1. The number of fused-ring (bicyclic) bond motifs is 1. The highest BCUT2D eigenvalue weighted by Gasteiger charge is 2.31. The molecule has 1 fully saturated rings. The zero-order valence-corrected chi connectivity index (χ0v) is 18.1. The first-order chi connectivity index (χ1) is 14.2. The van der Waals surface area contributed by atoms with E-state index in [-0.39, 0.29) is 5.91 Å². The Morgan fingerprint density at radius 3 is 2.79 bits per heavy atom. The largest absolute Gasteiger partial charge is 0.336 e. The number of carbonyl (C=O) groups excluding carboxylic acids is 1. The van der Waals surface area contributed by atoms with Crippen LogP contribution >= 0.6 is 23.4 Å². The zero-order valence-electron chi connectivity index (χ0n) is 16.6. The Morgan fingerprint density at radius 2 is 2.07 bits per heavy atom. The summed E-state index contributed by atoms with van der Waals surface area (Å²) in [7, 11) is 0.